The molecule has 0 bridgehead atoms. The maximum atomic E-state index is 11.7. The molecule has 0 aliphatic rings. The van der Waals surface area contributed by atoms with Crippen molar-refractivity contribution in [1.29, 1.82) is 0 Å². The van der Waals surface area contributed by atoms with Crippen molar-refractivity contribution in [2.75, 3.05) is 33.7 Å². The molecule has 1 aromatic heterocycles. The van der Waals surface area contributed by atoms with Crippen LogP contribution in [-0.2, 0) is 13.1 Å². The molecule has 1 N–H and O–H groups in total. The Balaban J connectivity index is 3.01. The van der Waals surface area contributed by atoms with Gasteiger partial charge in [0.05, 0.1) is 6.20 Å². The number of rotatable bonds is 9. The van der Waals surface area contributed by atoms with E-state index in [-0.39, 0.29) is 11.2 Å². The van der Waals surface area contributed by atoms with Crippen molar-refractivity contribution in [2.45, 2.75) is 13.1 Å². The van der Waals surface area contributed by atoms with Gasteiger partial charge in [-0.05, 0) is 14.1 Å². The van der Waals surface area contributed by atoms with Crippen LogP contribution in [0.1, 0.15) is 5.69 Å². The molecule has 1 aromatic rings. The molecular formula is C16H25N3O2. The lowest BCUT2D eigenvalue weighted by atomic mass is 10.2. The number of hydrogen-bond acceptors (Lipinski definition) is 4. The minimum Gasteiger partial charge on any atom is -0.503 e. The maximum Gasteiger partial charge on any atom is 0.223 e. The smallest absolute Gasteiger partial charge is 0.223 e. The lowest BCUT2D eigenvalue weighted by Crippen LogP contribution is -2.28. The summed E-state index contributed by atoms with van der Waals surface area (Å²) >= 11 is 0. The van der Waals surface area contributed by atoms with Crippen molar-refractivity contribution >= 4 is 0 Å². The first-order valence-corrected chi connectivity index (χ1v) is 6.99. The van der Waals surface area contributed by atoms with Gasteiger partial charge in [-0.25, -0.2) is 0 Å². The van der Waals surface area contributed by atoms with Crippen LogP contribution in [-0.4, -0.2) is 53.2 Å². The Kier molecular flexibility index (Phi) is 6.91. The Morgan fingerprint density at radius 3 is 2.43 bits per heavy atom. The highest BCUT2D eigenvalue weighted by Crippen LogP contribution is 2.09. The fraction of sp³-hybridized carbons (Fsp3) is 0.438. The first-order valence-electron chi connectivity index (χ1n) is 6.99. The summed E-state index contributed by atoms with van der Waals surface area (Å²) in [5.41, 5.74) is 0.534. The van der Waals surface area contributed by atoms with Gasteiger partial charge in [0, 0.05) is 44.5 Å². The molecule has 0 saturated heterocycles. The number of nitrogens with zero attached hydrogens (tertiary/aromatic N) is 3. The van der Waals surface area contributed by atoms with Crippen LogP contribution in [0.25, 0.3) is 0 Å². The Labute approximate surface area is 126 Å². The molecule has 0 amide bonds. The second-order valence-corrected chi connectivity index (χ2v) is 5.28. The van der Waals surface area contributed by atoms with Crippen LogP contribution < -0.4 is 5.43 Å². The average molecular weight is 291 g/mol. The number of likely N-dealkylation sites (N-methyl/N-ethyl adjacent to an activating group) is 1. The highest BCUT2D eigenvalue weighted by molar-refractivity contribution is 5.20. The van der Waals surface area contributed by atoms with Crippen LogP contribution in [0.15, 0.2) is 42.4 Å². The third kappa shape index (κ3) is 5.57. The van der Waals surface area contributed by atoms with Crippen LogP contribution in [0.3, 0.4) is 0 Å². The standard InChI is InChI=1S/C16H25N3O2/c1-5-7-18(8-6-2)12-14-11-15(20)16(21)13-19(14)10-9-17(3)4/h5-6,11,13,21H,1-2,7-10,12H2,3-4H3. The van der Waals surface area contributed by atoms with Crippen molar-refractivity contribution in [3.05, 3.63) is 53.5 Å². The summed E-state index contributed by atoms with van der Waals surface area (Å²) in [5, 5.41) is 9.64. The molecule has 5 heteroatoms. The lowest BCUT2D eigenvalue weighted by molar-refractivity contribution is 0.309. The first kappa shape index (κ1) is 17.2. The van der Waals surface area contributed by atoms with Crippen LogP contribution in [0.5, 0.6) is 5.75 Å². The number of pyridine rings is 1. The third-order valence-corrected chi connectivity index (χ3v) is 3.15. The van der Waals surface area contributed by atoms with Crippen LogP contribution in [0.2, 0.25) is 0 Å². The number of hydrogen-bond donors (Lipinski definition) is 1. The summed E-state index contributed by atoms with van der Waals surface area (Å²) in [6.45, 7) is 11.1. The summed E-state index contributed by atoms with van der Waals surface area (Å²) in [5.74, 6) is -0.212. The van der Waals surface area contributed by atoms with Crippen LogP contribution in [0, 0.1) is 0 Å². The summed E-state index contributed by atoms with van der Waals surface area (Å²) in [6, 6.07) is 1.50. The van der Waals surface area contributed by atoms with E-state index in [4.69, 9.17) is 0 Å². The Hall–Kier alpha value is -1.85. The molecule has 0 fully saturated rings. The molecule has 0 spiro atoms. The molecule has 5 nitrogen and oxygen atoms in total. The second-order valence-electron chi connectivity index (χ2n) is 5.28. The van der Waals surface area contributed by atoms with Crippen molar-refractivity contribution < 1.29 is 5.11 Å². The molecule has 116 valence electrons. The normalized spacial score (nSPS) is 11.0. The van der Waals surface area contributed by atoms with E-state index in [1.807, 2.05) is 30.8 Å². The van der Waals surface area contributed by atoms with Gasteiger partial charge in [0.25, 0.3) is 0 Å². The number of aromatic nitrogens is 1. The molecule has 21 heavy (non-hydrogen) atoms. The summed E-state index contributed by atoms with van der Waals surface area (Å²) in [4.78, 5) is 15.9. The van der Waals surface area contributed by atoms with Crippen molar-refractivity contribution in [3.8, 4) is 5.75 Å². The molecule has 0 radical (unpaired) electrons. The topological polar surface area (TPSA) is 48.7 Å². The van der Waals surface area contributed by atoms with E-state index in [1.165, 1.54) is 12.3 Å². The van der Waals surface area contributed by atoms with E-state index < -0.39 is 0 Å². The van der Waals surface area contributed by atoms with E-state index in [2.05, 4.69) is 23.0 Å². The zero-order valence-corrected chi connectivity index (χ0v) is 13.0. The molecule has 0 aliphatic carbocycles. The highest BCUT2D eigenvalue weighted by atomic mass is 16.3. The first-order chi connectivity index (χ1) is 9.97. The van der Waals surface area contributed by atoms with Gasteiger partial charge in [0.15, 0.2) is 5.75 Å². The highest BCUT2D eigenvalue weighted by Gasteiger charge is 2.10. The van der Waals surface area contributed by atoms with Gasteiger partial charge in [-0.3, -0.25) is 9.69 Å². The molecule has 0 saturated carbocycles. The van der Waals surface area contributed by atoms with Crippen molar-refractivity contribution in [1.82, 2.24) is 14.4 Å². The van der Waals surface area contributed by atoms with E-state index >= 15 is 0 Å². The van der Waals surface area contributed by atoms with Crippen LogP contribution >= 0.6 is 0 Å². The molecule has 0 aromatic carbocycles. The number of aromatic hydroxyl groups is 1. The zero-order valence-electron chi connectivity index (χ0n) is 13.0. The van der Waals surface area contributed by atoms with E-state index in [0.717, 1.165) is 25.3 Å². The zero-order chi connectivity index (χ0) is 15.8. The monoisotopic (exact) mass is 291 g/mol. The molecule has 1 rings (SSSR count). The fourth-order valence-corrected chi connectivity index (χ4v) is 2.05. The van der Waals surface area contributed by atoms with Gasteiger partial charge in [0.2, 0.25) is 5.43 Å². The van der Waals surface area contributed by atoms with E-state index in [0.29, 0.717) is 13.1 Å². The quantitative estimate of drug-likeness (QED) is 0.697. The molecule has 0 unspecified atom stereocenters. The van der Waals surface area contributed by atoms with Gasteiger partial charge >= 0.3 is 0 Å². The van der Waals surface area contributed by atoms with Crippen LogP contribution in [0.4, 0.5) is 0 Å². The largest absolute Gasteiger partial charge is 0.503 e. The predicted octanol–water partition coefficient (Wildman–Crippen LogP) is 1.29. The van der Waals surface area contributed by atoms with E-state index in [1.54, 1.807) is 0 Å². The molecule has 0 atom stereocenters. The molecule has 0 aliphatic heterocycles. The van der Waals surface area contributed by atoms with Gasteiger partial charge < -0.3 is 14.6 Å². The van der Waals surface area contributed by atoms with Gasteiger partial charge in [0.1, 0.15) is 0 Å². The minimum atomic E-state index is -0.344. The summed E-state index contributed by atoms with van der Waals surface area (Å²) < 4.78 is 1.93. The fourth-order valence-electron chi connectivity index (χ4n) is 2.05. The van der Waals surface area contributed by atoms with Crippen molar-refractivity contribution in [3.63, 3.8) is 0 Å². The predicted molar refractivity (Wildman–Crippen MR) is 86.6 cm³/mol. The Bertz CT molecular complexity index is 525. The average Bonchev–Trinajstić information content (AvgIpc) is 2.41. The Morgan fingerprint density at radius 1 is 1.29 bits per heavy atom. The Morgan fingerprint density at radius 2 is 1.90 bits per heavy atom. The minimum absolute atomic E-state index is 0.212. The SMILES string of the molecule is C=CCN(CC=C)Cc1cc(=O)c(O)cn1CCN(C)C. The maximum absolute atomic E-state index is 11.7. The molecular weight excluding hydrogens is 266 g/mol. The van der Waals surface area contributed by atoms with Crippen molar-refractivity contribution in [2.24, 2.45) is 0 Å². The van der Waals surface area contributed by atoms with E-state index in [9.17, 15) is 9.90 Å². The second kappa shape index (κ2) is 8.44. The van der Waals surface area contributed by atoms with Gasteiger partial charge in [-0.1, -0.05) is 12.2 Å². The lowest BCUT2D eigenvalue weighted by Gasteiger charge is -2.22. The van der Waals surface area contributed by atoms with Gasteiger partial charge in [-0.15, -0.1) is 13.2 Å². The van der Waals surface area contributed by atoms with Gasteiger partial charge in [-0.2, -0.15) is 0 Å². The molecule has 1 heterocycles. The summed E-state index contributed by atoms with van der Waals surface area (Å²) in [6.07, 6.45) is 5.17. The summed E-state index contributed by atoms with van der Waals surface area (Å²) in [7, 11) is 3.98. The third-order valence-electron chi connectivity index (χ3n) is 3.15.